The van der Waals surface area contributed by atoms with Crippen LogP contribution in [-0.2, 0) is 11.3 Å². The molecule has 0 spiro atoms. The normalized spacial score (nSPS) is 11.3. The first-order valence-electron chi connectivity index (χ1n) is 9.96. The Balaban J connectivity index is 0.00000289. The van der Waals surface area contributed by atoms with E-state index in [1.54, 1.807) is 12.3 Å². The fraction of sp³-hybridized carbons (Fsp3) is 0.217. The van der Waals surface area contributed by atoms with Crippen molar-refractivity contribution in [2.45, 2.75) is 13.5 Å². The summed E-state index contributed by atoms with van der Waals surface area (Å²) in [5.41, 5.74) is 11.4. The SMILES string of the molecule is Cc1ccc2oc(C(=O)N/N=C/c3c(Cl)n(CCOCCN)c4ccccc34)cc2c1.Cl. The number of aromatic nitrogens is 1. The number of benzene rings is 2. The van der Waals surface area contributed by atoms with Crippen molar-refractivity contribution in [1.82, 2.24) is 9.99 Å². The van der Waals surface area contributed by atoms with Gasteiger partial charge in [0.25, 0.3) is 0 Å². The standard InChI is InChI=1S/C23H23ClN4O3.ClH/c1-15-6-7-20-16(12-15)13-21(31-20)23(29)27-26-14-18-17-4-2-3-5-19(17)28(22(18)24)9-11-30-10-8-25;/h2-7,12-14H,8-11,25H2,1H3,(H,27,29);1H/b26-14+;. The molecule has 0 saturated heterocycles. The zero-order chi connectivity index (χ0) is 21.8. The maximum Gasteiger partial charge on any atom is 0.307 e. The van der Waals surface area contributed by atoms with Gasteiger partial charge in [0.05, 0.1) is 19.4 Å². The molecular formula is C23H24Cl2N4O3. The van der Waals surface area contributed by atoms with Crippen LogP contribution in [0.5, 0.6) is 0 Å². The van der Waals surface area contributed by atoms with Gasteiger partial charge in [-0.3, -0.25) is 4.79 Å². The Hall–Kier alpha value is -2.84. The third-order valence-corrected chi connectivity index (χ3v) is 5.33. The summed E-state index contributed by atoms with van der Waals surface area (Å²) >= 11 is 6.63. The number of ether oxygens (including phenoxy) is 1. The molecule has 0 unspecified atom stereocenters. The van der Waals surface area contributed by atoms with Crippen molar-refractivity contribution < 1.29 is 13.9 Å². The van der Waals surface area contributed by atoms with Crippen LogP contribution in [0.4, 0.5) is 0 Å². The van der Waals surface area contributed by atoms with Gasteiger partial charge < -0.3 is 19.5 Å². The first kappa shape index (κ1) is 23.8. The summed E-state index contributed by atoms with van der Waals surface area (Å²) in [7, 11) is 0. The third kappa shape index (κ3) is 4.97. The highest BCUT2D eigenvalue weighted by atomic mass is 35.5. The van der Waals surface area contributed by atoms with Crippen LogP contribution >= 0.6 is 24.0 Å². The average molecular weight is 475 g/mol. The van der Waals surface area contributed by atoms with Gasteiger partial charge in [0, 0.05) is 34.9 Å². The molecule has 7 nitrogen and oxygen atoms in total. The molecule has 2 aromatic heterocycles. The lowest BCUT2D eigenvalue weighted by molar-refractivity contribution is 0.0929. The second-order valence-corrected chi connectivity index (χ2v) is 7.48. The van der Waals surface area contributed by atoms with E-state index in [1.807, 2.05) is 54.0 Å². The number of furan rings is 1. The number of rotatable bonds is 8. The number of hydrogen-bond donors (Lipinski definition) is 2. The van der Waals surface area contributed by atoms with E-state index < -0.39 is 5.91 Å². The lowest BCUT2D eigenvalue weighted by atomic mass is 10.2. The minimum atomic E-state index is -0.430. The molecule has 2 aromatic carbocycles. The van der Waals surface area contributed by atoms with Gasteiger partial charge >= 0.3 is 5.91 Å². The molecule has 0 aliphatic heterocycles. The number of carbonyl (C=O) groups excluding carboxylic acids is 1. The molecule has 4 aromatic rings. The highest BCUT2D eigenvalue weighted by Gasteiger charge is 2.15. The van der Waals surface area contributed by atoms with Gasteiger partial charge in [0.15, 0.2) is 5.76 Å². The van der Waals surface area contributed by atoms with Crippen LogP contribution in [0.3, 0.4) is 0 Å². The Labute approximate surface area is 196 Å². The lowest BCUT2D eigenvalue weighted by Crippen LogP contribution is -2.16. The van der Waals surface area contributed by atoms with Crippen LogP contribution in [-0.4, -0.2) is 36.4 Å². The first-order valence-corrected chi connectivity index (χ1v) is 10.3. The summed E-state index contributed by atoms with van der Waals surface area (Å²) in [5.74, 6) is -0.233. The number of hydrogen-bond acceptors (Lipinski definition) is 5. The van der Waals surface area contributed by atoms with Crippen molar-refractivity contribution in [2.24, 2.45) is 10.8 Å². The molecule has 0 aliphatic carbocycles. The van der Waals surface area contributed by atoms with Crippen molar-refractivity contribution in [3.63, 3.8) is 0 Å². The zero-order valence-electron chi connectivity index (χ0n) is 17.5. The molecule has 4 rings (SSSR count). The van der Waals surface area contributed by atoms with Gasteiger partial charge in [0.1, 0.15) is 10.7 Å². The van der Waals surface area contributed by atoms with Crippen molar-refractivity contribution >= 4 is 58.0 Å². The van der Waals surface area contributed by atoms with Crippen LogP contribution in [0, 0.1) is 6.92 Å². The fourth-order valence-electron chi connectivity index (χ4n) is 3.47. The van der Waals surface area contributed by atoms with E-state index >= 15 is 0 Å². The molecule has 2 heterocycles. The maximum absolute atomic E-state index is 12.5. The summed E-state index contributed by atoms with van der Waals surface area (Å²) in [4.78, 5) is 12.5. The van der Waals surface area contributed by atoms with Gasteiger partial charge in [-0.25, -0.2) is 5.43 Å². The molecule has 168 valence electrons. The van der Waals surface area contributed by atoms with E-state index in [2.05, 4.69) is 10.5 Å². The number of carbonyl (C=O) groups is 1. The lowest BCUT2D eigenvalue weighted by Gasteiger charge is -2.07. The number of hydrazone groups is 1. The molecule has 0 saturated carbocycles. The summed E-state index contributed by atoms with van der Waals surface area (Å²) < 4.78 is 13.1. The smallest absolute Gasteiger partial charge is 0.307 e. The molecule has 0 atom stereocenters. The molecule has 0 aliphatic rings. The second kappa shape index (κ2) is 10.7. The predicted molar refractivity (Wildman–Crippen MR) is 130 cm³/mol. The zero-order valence-corrected chi connectivity index (χ0v) is 19.1. The monoisotopic (exact) mass is 474 g/mol. The number of para-hydroxylation sites is 1. The van der Waals surface area contributed by atoms with E-state index in [-0.39, 0.29) is 18.2 Å². The number of halogens is 2. The Morgan fingerprint density at radius 1 is 1.25 bits per heavy atom. The quantitative estimate of drug-likeness (QED) is 0.223. The van der Waals surface area contributed by atoms with Gasteiger partial charge in [-0.15, -0.1) is 12.4 Å². The molecule has 0 fully saturated rings. The largest absolute Gasteiger partial charge is 0.451 e. The molecule has 0 radical (unpaired) electrons. The van der Waals surface area contributed by atoms with E-state index in [1.165, 1.54) is 0 Å². The van der Waals surface area contributed by atoms with Gasteiger partial charge in [-0.2, -0.15) is 5.10 Å². The highest BCUT2D eigenvalue weighted by Crippen LogP contribution is 2.28. The molecule has 3 N–H and O–H groups in total. The first-order chi connectivity index (χ1) is 15.1. The van der Waals surface area contributed by atoms with Crippen LogP contribution in [0.25, 0.3) is 21.9 Å². The summed E-state index contributed by atoms with van der Waals surface area (Å²) in [6.07, 6.45) is 1.55. The Kier molecular flexibility index (Phi) is 7.93. The average Bonchev–Trinajstić information content (AvgIpc) is 3.30. The molecule has 32 heavy (non-hydrogen) atoms. The molecule has 9 heteroatoms. The van der Waals surface area contributed by atoms with E-state index in [4.69, 9.17) is 26.5 Å². The van der Waals surface area contributed by atoms with Crippen LogP contribution in [0.2, 0.25) is 5.15 Å². The van der Waals surface area contributed by atoms with Crippen molar-refractivity contribution in [1.29, 1.82) is 0 Å². The van der Waals surface area contributed by atoms with Crippen LogP contribution < -0.4 is 11.2 Å². The topological polar surface area (TPSA) is 94.8 Å². The fourth-order valence-corrected chi connectivity index (χ4v) is 3.79. The van der Waals surface area contributed by atoms with Gasteiger partial charge in [-0.1, -0.05) is 41.4 Å². The molecule has 0 bridgehead atoms. The van der Waals surface area contributed by atoms with Crippen molar-refractivity contribution in [3.05, 3.63) is 70.6 Å². The predicted octanol–water partition coefficient (Wildman–Crippen LogP) is 4.51. The number of aryl methyl sites for hydroxylation is 1. The van der Waals surface area contributed by atoms with E-state index in [0.717, 1.165) is 27.4 Å². The van der Waals surface area contributed by atoms with E-state index in [9.17, 15) is 4.79 Å². The van der Waals surface area contributed by atoms with Gasteiger partial charge in [-0.05, 0) is 31.2 Å². The number of nitrogens with two attached hydrogens (primary N) is 1. The van der Waals surface area contributed by atoms with Gasteiger partial charge in [0.2, 0.25) is 0 Å². The Bertz CT molecular complexity index is 1260. The maximum atomic E-state index is 12.5. The molecular weight excluding hydrogens is 451 g/mol. The minimum Gasteiger partial charge on any atom is -0.451 e. The van der Waals surface area contributed by atoms with Crippen molar-refractivity contribution in [3.8, 4) is 0 Å². The van der Waals surface area contributed by atoms with Crippen LogP contribution in [0.15, 0.2) is 58.0 Å². The second-order valence-electron chi connectivity index (χ2n) is 7.13. The summed E-state index contributed by atoms with van der Waals surface area (Å²) in [6.45, 7) is 4.04. The number of nitrogens with zero attached hydrogens (tertiary/aromatic N) is 2. The Morgan fingerprint density at radius 3 is 2.88 bits per heavy atom. The number of amides is 1. The number of fused-ring (bicyclic) bond motifs is 2. The van der Waals surface area contributed by atoms with Crippen molar-refractivity contribution in [2.75, 3.05) is 19.8 Å². The van der Waals surface area contributed by atoms with Crippen LogP contribution in [0.1, 0.15) is 21.7 Å². The van der Waals surface area contributed by atoms with E-state index in [0.29, 0.717) is 37.0 Å². The summed E-state index contributed by atoms with van der Waals surface area (Å²) in [5, 5.41) is 6.44. The third-order valence-electron chi connectivity index (χ3n) is 4.92. The molecule has 1 amide bonds. The summed E-state index contributed by atoms with van der Waals surface area (Å²) in [6, 6.07) is 15.3. The highest BCUT2D eigenvalue weighted by molar-refractivity contribution is 6.34. The Morgan fingerprint density at radius 2 is 2.06 bits per heavy atom. The minimum absolute atomic E-state index is 0. The number of nitrogens with one attached hydrogen (secondary N) is 1.